The molecule has 2 aliphatic rings. The molecule has 0 spiro atoms. The number of hydrogen-bond donors (Lipinski definition) is 2. The van der Waals surface area contributed by atoms with Crippen LogP contribution in [0.15, 0.2) is 60.0 Å². The third-order valence-corrected chi connectivity index (χ3v) is 8.88. The van der Waals surface area contributed by atoms with Crippen molar-refractivity contribution in [3.05, 3.63) is 92.8 Å². The number of halogens is 5. The van der Waals surface area contributed by atoms with Gasteiger partial charge in [-0.15, -0.1) is 0 Å². The Morgan fingerprint density at radius 2 is 1.84 bits per heavy atom. The number of aromatic nitrogens is 1. The molecular weight excluding hydrogens is 754 g/mol. The molecule has 14 nitrogen and oxygen atoms in total. The first kappa shape index (κ1) is 41.0. The highest BCUT2D eigenvalue weighted by Crippen LogP contribution is 2.39. The van der Waals surface area contributed by atoms with Gasteiger partial charge in [0.25, 0.3) is 0 Å². The van der Waals surface area contributed by atoms with Crippen LogP contribution in [0.5, 0.6) is 11.5 Å². The van der Waals surface area contributed by atoms with Gasteiger partial charge in [0.05, 0.1) is 49.4 Å². The van der Waals surface area contributed by atoms with E-state index >= 15 is 4.39 Å². The van der Waals surface area contributed by atoms with E-state index in [9.17, 15) is 28.3 Å². The standard InChI is InChI=1S/C36H40ClF4N7O7/c1-35(2,3)55-34(50)48-16-25(51-17-24(48)18-52-33(49)45-19-36(39,40)41)9-10-26-27(38)13-43-14-28(26)44-15-29(46-47-42)32(21-4-7-23(37)8-5-21)22-6-11-30-31(12-22)54-20-53-30/h4-8,11-14,24-25,29,32,44H,9-10,15-20H2,1-3H3,(H,45,49)/t24?,25?,29-,32-/m0/s1. The van der Waals surface area contributed by atoms with Gasteiger partial charge < -0.3 is 34.3 Å². The van der Waals surface area contributed by atoms with Crippen LogP contribution in [0.4, 0.5) is 32.8 Å². The third kappa shape index (κ3) is 11.7. The zero-order valence-electron chi connectivity index (χ0n) is 30.1. The summed E-state index contributed by atoms with van der Waals surface area (Å²) in [5.41, 5.74) is 10.9. The number of nitrogens with one attached hydrogen (secondary N) is 2. The number of anilines is 1. The quantitative estimate of drug-likeness (QED) is 0.0761. The maximum absolute atomic E-state index is 15.4. The van der Waals surface area contributed by atoms with Gasteiger partial charge in [0.2, 0.25) is 6.79 Å². The molecule has 2 aromatic carbocycles. The van der Waals surface area contributed by atoms with E-state index in [2.05, 4.69) is 20.3 Å². The molecule has 5 rings (SSSR count). The van der Waals surface area contributed by atoms with Crippen molar-refractivity contribution in [1.82, 2.24) is 15.2 Å². The van der Waals surface area contributed by atoms with Gasteiger partial charge in [0.1, 0.15) is 24.6 Å². The van der Waals surface area contributed by atoms with E-state index in [1.54, 1.807) is 44.3 Å². The number of morpholine rings is 1. The lowest BCUT2D eigenvalue weighted by molar-refractivity contribution is -0.124. The Morgan fingerprint density at radius 1 is 1.11 bits per heavy atom. The van der Waals surface area contributed by atoms with Gasteiger partial charge in [-0.25, -0.2) is 14.0 Å². The van der Waals surface area contributed by atoms with Gasteiger partial charge >= 0.3 is 18.4 Å². The van der Waals surface area contributed by atoms with Gasteiger partial charge in [-0.2, -0.15) is 13.2 Å². The van der Waals surface area contributed by atoms with E-state index in [1.165, 1.54) is 11.1 Å². The van der Waals surface area contributed by atoms with Crippen LogP contribution in [0.1, 0.15) is 49.8 Å². The molecule has 0 saturated carbocycles. The number of pyridine rings is 1. The zero-order valence-corrected chi connectivity index (χ0v) is 30.9. The Kier molecular flexibility index (Phi) is 13.4. The van der Waals surface area contributed by atoms with Crippen molar-refractivity contribution in [2.75, 3.05) is 45.0 Å². The number of amides is 2. The fraction of sp³-hybridized carbons (Fsp3) is 0.472. The van der Waals surface area contributed by atoms with E-state index < -0.39 is 67.0 Å². The second-order valence-corrected chi connectivity index (χ2v) is 14.2. The topological polar surface area (TPSA) is 169 Å². The Morgan fingerprint density at radius 3 is 2.55 bits per heavy atom. The molecule has 296 valence electrons. The van der Waals surface area contributed by atoms with Gasteiger partial charge in [-0.1, -0.05) is 34.9 Å². The van der Waals surface area contributed by atoms with Crippen LogP contribution in [0, 0.1) is 5.82 Å². The van der Waals surface area contributed by atoms with Crippen molar-refractivity contribution < 1.29 is 50.8 Å². The molecule has 2 unspecified atom stereocenters. The number of ether oxygens (including phenoxy) is 5. The summed E-state index contributed by atoms with van der Waals surface area (Å²) in [6.45, 7) is 2.92. The molecular formula is C36H40ClF4N7O7. The predicted molar refractivity (Wildman–Crippen MR) is 192 cm³/mol. The summed E-state index contributed by atoms with van der Waals surface area (Å²) in [6, 6.07) is 11.0. The fourth-order valence-electron chi connectivity index (χ4n) is 6.10. The number of fused-ring (bicyclic) bond motifs is 1. The number of rotatable bonds is 13. The van der Waals surface area contributed by atoms with Crippen LogP contribution in [-0.4, -0.2) is 91.7 Å². The number of hydrogen-bond acceptors (Lipinski definition) is 10. The number of carbonyl (C=O) groups is 2. The molecule has 2 aliphatic heterocycles. The summed E-state index contributed by atoms with van der Waals surface area (Å²) in [5, 5.41) is 9.48. The van der Waals surface area contributed by atoms with Crippen molar-refractivity contribution in [3.8, 4) is 11.5 Å². The molecule has 0 radical (unpaired) electrons. The first-order valence-corrected chi connectivity index (χ1v) is 17.6. The minimum Gasteiger partial charge on any atom is -0.454 e. The molecule has 0 bridgehead atoms. The van der Waals surface area contributed by atoms with Crippen LogP contribution >= 0.6 is 11.6 Å². The van der Waals surface area contributed by atoms with Crippen molar-refractivity contribution >= 4 is 29.5 Å². The third-order valence-electron chi connectivity index (χ3n) is 8.63. The normalized spacial score (nSPS) is 17.8. The van der Waals surface area contributed by atoms with E-state index in [4.69, 9.17) is 35.3 Å². The van der Waals surface area contributed by atoms with Crippen LogP contribution in [0.25, 0.3) is 10.4 Å². The molecule has 4 atom stereocenters. The molecule has 1 saturated heterocycles. The lowest BCUT2D eigenvalue weighted by atomic mass is 9.85. The van der Waals surface area contributed by atoms with E-state index in [0.717, 1.165) is 17.3 Å². The number of benzene rings is 2. The molecule has 1 fully saturated rings. The van der Waals surface area contributed by atoms with Crippen LogP contribution in [0.2, 0.25) is 5.02 Å². The lowest BCUT2D eigenvalue weighted by Crippen LogP contribution is -2.55. The minimum absolute atomic E-state index is 0.0418. The first-order valence-electron chi connectivity index (χ1n) is 17.2. The minimum atomic E-state index is -4.63. The van der Waals surface area contributed by atoms with Crippen molar-refractivity contribution in [2.45, 2.75) is 69.5 Å². The van der Waals surface area contributed by atoms with E-state index in [0.29, 0.717) is 22.2 Å². The average Bonchev–Trinajstić information content (AvgIpc) is 3.60. The fourth-order valence-corrected chi connectivity index (χ4v) is 6.23. The lowest BCUT2D eigenvalue weighted by Gasteiger charge is -2.39. The van der Waals surface area contributed by atoms with Gasteiger partial charge in [-0.3, -0.25) is 9.88 Å². The Bertz CT molecular complexity index is 1860. The Hall–Kier alpha value is -5.19. The number of alkyl carbamates (subject to hydrolysis) is 1. The summed E-state index contributed by atoms with van der Waals surface area (Å²) in [6.07, 6.45) is -4.44. The molecule has 2 N–H and O–H groups in total. The van der Waals surface area contributed by atoms with E-state index in [-0.39, 0.29) is 44.9 Å². The highest BCUT2D eigenvalue weighted by atomic mass is 35.5. The SMILES string of the molecule is CC(C)(C)OC(=O)N1CC(CCc2c(F)cncc2NC[C@H](N=[N+]=[N-])[C@@H](c2ccc(Cl)cc2)c2ccc3c(c2)OCO3)OCC1COC(=O)NCC(F)(F)F. The largest absolute Gasteiger partial charge is 0.454 e. The molecule has 0 aliphatic carbocycles. The van der Waals surface area contributed by atoms with Crippen LogP contribution in [-0.2, 0) is 20.6 Å². The Labute approximate surface area is 319 Å². The molecule has 3 aromatic rings. The van der Waals surface area contributed by atoms with Crippen molar-refractivity contribution in [1.29, 1.82) is 0 Å². The zero-order chi connectivity index (χ0) is 39.8. The molecule has 3 heterocycles. The number of alkyl halides is 3. The predicted octanol–water partition coefficient (Wildman–Crippen LogP) is 7.75. The van der Waals surface area contributed by atoms with E-state index in [1.807, 2.05) is 24.3 Å². The maximum atomic E-state index is 15.4. The van der Waals surface area contributed by atoms with Crippen molar-refractivity contribution in [3.63, 3.8) is 0 Å². The maximum Gasteiger partial charge on any atom is 0.410 e. The van der Waals surface area contributed by atoms with Crippen LogP contribution in [0.3, 0.4) is 0 Å². The molecule has 1 aromatic heterocycles. The number of nitrogens with zero attached hydrogens (tertiary/aromatic N) is 5. The van der Waals surface area contributed by atoms with Gasteiger partial charge in [0, 0.05) is 28.0 Å². The number of azide groups is 1. The summed E-state index contributed by atoms with van der Waals surface area (Å²) in [4.78, 5) is 33.5. The molecule has 2 amide bonds. The summed E-state index contributed by atoms with van der Waals surface area (Å²) < 4.78 is 80.5. The van der Waals surface area contributed by atoms with Crippen molar-refractivity contribution in [2.24, 2.45) is 5.11 Å². The second kappa shape index (κ2) is 18.0. The summed E-state index contributed by atoms with van der Waals surface area (Å²) in [5.74, 6) is 0.0366. The average molecular weight is 794 g/mol. The smallest absolute Gasteiger partial charge is 0.410 e. The first-order chi connectivity index (χ1) is 26.1. The van der Waals surface area contributed by atoms with Gasteiger partial charge in [-0.05, 0) is 74.5 Å². The monoisotopic (exact) mass is 793 g/mol. The number of carbonyl (C=O) groups excluding carboxylic acids is 2. The highest BCUT2D eigenvalue weighted by molar-refractivity contribution is 6.30. The highest BCUT2D eigenvalue weighted by Gasteiger charge is 2.36. The molecule has 55 heavy (non-hydrogen) atoms. The summed E-state index contributed by atoms with van der Waals surface area (Å²) >= 11 is 6.18. The summed E-state index contributed by atoms with van der Waals surface area (Å²) in [7, 11) is 0. The van der Waals surface area contributed by atoms with Crippen LogP contribution < -0.4 is 20.1 Å². The Balaban J connectivity index is 1.29. The second-order valence-electron chi connectivity index (χ2n) is 13.8. The van der Waals surface area contributed by atoms with Gasteiger partial charge in [0.15, 0.2) is 11.5 Å². The molecule has 19 heteroatoms.